The van der Waals surface area contributed by atoms with Crippen LogP contribution in [0, 0.1) is 11.3 Å². The zero-order chi connectivity index (χ0) is 14.5. The fourth-order valence-electron chi connectivity index (χ4n) is 1.91. The maximum atomic E-state index is 11.7. The fraction of sp³-hybridized carbons (Fsp3) is 0.125. The van der Waals surface area contributed by atoms with Crippen LogP contribution >= 0.6 is 11.6 Å². The van der Waals surface area contributed by atoms with Crippen molar-refractivity contribution in [2.45, 2.75) is 6.92 Å². The highest BCUT2D eigenvalue weighted by Crippen LogP contribution is 2.29. The Labute approximate surface area is 122 Å². The van der Waals surface area contributed by atoms with Crippen LogP contribution in [0.25, 0.3) is 11.1 Å². The lowest BCUT2D eigenvalue weighted by atomic mass is 9.98. The highest BCUT2D eigenvalue weighted by Gasteiger charge is 2.11. The van der Waals surface area contributed by atoms with Crippen LogP contribution < -0.4 is 0 Å². The number of hydrogen-bond acceptors (Lipinski definition) is 3. The third kappa shape index (κ3) is 2.81. The lowest BCUT2D eigenvalue weighted by Gasteiger charge is -2.08. The molecule has 0 radical (unpaired) electrons. The second kappa shape index (κ2) is 6.23. The summed E-state index contributed by atoms with van der Waals surface area (Å²) in [4.78, 5) is 11.7. The van der Waals surface area contributed by atoms with Crippen LogP contribution in [-0.4, -0.2) is 12.6 Å². The molecule has 0 amide bonds. The van der Waals surface area contributed by atoms with Crippen LogP contribution in [0.15, 0.2) is 42.5 Å². The molecule has 0 saturated heterocycles. The summed E-state index contributed by atoms with van der Waals surface area (Å²) in [5.41, 5.74) is 2.31. The number of nitrogens with zero attached hydrogens (tertiary/aromatic N) is 1. The summed E-state index contributed by atoms with van der Waals surface area (Å²) in [7, 11) is 0. The zero-order valence-corrected chi connectivity index (χ0v) is 11.6. The molecular weight excluding hydrogens is 274 g/mol. The highest BCUT2D eigenvalue weighted by atomic mass is 35.5. The van der Waals surface area contributed by atoms with Gasteiger partial charge in [0.05, 0.1) is 22.8 Å². The predicted molar refractivity (Wildman–Crippen MR) is 77.6 cm³/mol. The van der Waals surface area contributed by atoms with Gasteiger partial charge in [-0.05, 0) is 30.7 Å². The minimum Gasteiger partial charge on any atom is -0.462 e. The number of rotatable bonds is 3. The smallest absolute Gasteiger partial charge is 0.338 e. The van der Waals surface area contributed by atoms with Gasteiger partial charge in [0.1, 0.15) is 6.07 Å². The van der Waals surface area contributed by atoms with Gasteiger partial charge in [0.2, 0.25) is 0 Å². The molecule has 0 heterocycles. The van der Waals surface area contributed by atoms with Gasteiger partial charge in [0, 0.05) is 5.56 Å². The molecule has 100 valence electrons. The number of benzene rings is 2. The Morgan fingerprint density at radius 2 is 2.05 bits per heavy atom. The summed E-state index contributed by atoms with van der Waals surface area (Å²) in [6.45, 7) is 2.08. The summed E-state index contributed by atoms with van der Waals surface area (Å²) >= 11 is 6.02. The van der Waals surface area contributed by atoms with E-state index in [-0.39, 0.29) is 5.97 Å². The first kappa shape index (κ1) is 14.1. The van der Waals surface area contributed by atoms with Crippen molar-refractivity contribution in [2.24, 2.45) is 0 Å². The SMILES string of the molecule is CCOC(=O)c1cccc(-c2cccc(Cl)c2C#N)c1. The molecule has 0 aliphatic carbocycles. The molecule has 3 nitrogen and oxygen atoms in total. The molecular formula is C16H12ClNO2. The van der Waals surface area contributed by atoms with E-state index in [1.807, 2.05) is 6.07 Å². The fourth-order valence-corrected chi connectivity index (χ4v) is 2.12. The van der Waals surface area contributed by atoms with E-state index in [2.05, 4.69) is 6.07 Å². The quantitative estimate of drug-likeness (QED) is 0.799. The number of carbonyl (C=O) groups is 1. The molecule has 0 N–H and O–H groups in total. The van der Waals surface area contributed by atoms with Crippen LogP contribution in [0.2, 0.25) is 5.02 Å². The van der Waals surface area contributed by atoms with Crippen molar-refractivity contribution >= 4 is 17.6 Å². The van der Waals surface area contributed by atoms with Gasteiger partial charge in [-0.2, -0.15) is 5.26 Å². The molecule has 0 saturated carbocycles. The van der Waals surface area contributed by atoms with Gasteiger partial charge in [0.15, 0.2) is 0 Å². The largest absolute Gasteiger partial charge is 0.462 e. The summed E-state index contributed by atoms with van der Waals surface area (Å²) in [6, 6.07) is 14.3. The summed E-state index contributed by atoms with van der Waals surface area (Å²) < 4.78 is 4.97. The zero-order valence-electron chi connectivity index (χ0n) is 10.9. The molecule has 0 aromatic heterocycles. The van der Waals surface area contributed by atoms with Crippen molar-refractivity contribution in [3.05, 3.63) is 58.6 Å². The second-order valence-corrected chi connectivity index (χ2v) is 4.48. The second-order valence-electron chi connectivity index (χ2n) is 4.08. The number of esters is 1. The molecule has 4 heteroatoms. The van der Waals surface area contributed by atoms with E-state index in [1.165, 1.54) is 0 Å². The lowest BCUT2D eigenvalue weighted by Crippen LogP contribution is -2.04. The van der Waals surface area contributed by atoms with Gasteiger partial charge in [0.25, 0.3) is 0 Å². The average Bonchev–Trinajstić information content (AvgIpc) is 2.47. The van der Waals surface area contributed by atoms with Crippen LogP contribution in [0.1, 0.15) is 22.8 Å². The van der Waals surface area contributed by atoms with Gasteiger partial charge in [-0.3, -0.25) is 0 Å². The van der Waals surface area contributed by atoms with Crippen molar-refractivity contribution in [3.63, 3.8) is 0 Å². The van der Waals surface area contributed by atoms with E-state index in [9.17, 15) is 10.1 Å². The molecule has 0 spiro atoms. The first-order chi connectivity index (χ1) is 9.67. The van der Waals surface area contributed by atoms with Gasteiger partial charge in [-0.15, -0.1) is 0 Å². The molecule has 0 aliphatic rings. The molecule has 2 rings (SSSR count). The summed E-state index contributed by atoms with van der Waals surface area (Å²) in [5.74, 6) is -0.380. The van der Waals surface area contributed by atoms with Crippen LogP contribution in [-0.2, 0) is 4.74 Å². The third-order valence-electron chi connectivity index (χ3n) is 2.81. The van der Waals surface area contributed by atoms with E-state index in [0.29, 0.717) is 28.3 Å². The van der Waals surface area contributed by atoms with Crippen LogP contribution in [0.4, 0.5) is 0 Å². The van der Waals surface area contributed by atoms with Gasteiger partial charge in [-0.1, -0.05) is 35.9 Å². The van der Waals surface area contributed by atoms with E-state index in [4.69, 9.17) is 16.3 Å². The Morgan fingerprint density at radius 3 is 2.75 bits per heavy atom. The van der Waals surface area contributed by atoms with E-state index < -0.39 is 0 Å². The van der Waals surface area contributed by atoms with Crippen molar-refractivity contribution in [1.82, 2.24) is 0 Å². The lowest BCUT2D eigenvalue weighted by molar-refractivity contribution is 0.0526. The topological polar surface area (TPSA) is 50.1 Å². The standard InChI is InChI=1S/C16H12ClNO2/c1-2-20-16(19)12-6-3-5-11(9-12)13-7-4-8-15(17)14(13)10-18/h3-9H,2H2,1H3. The summed E-state index contributed by atoms with van der Waals surface area (Å²) in [6.07, 6.45) is 0. The van der Waals surface area contributed by atoms with Crippen molar-refractivity contribution in [1.29, 1.82) is 5.26 Å². The van der Waals surface area contributed by atoms with Gasteiger partial charge >= 0.3 is 5.97 Å². The normalized spacial score (nSPS) is 9.85. The minimum absolute atomic E-state index is 0.323. The molecule has 20 heavy (non-hydrogen) atoms. The van der Waals surface area contributed by atoms with E-state index >= 15 is 0 Å². The number of ether oxygens (including phenoxy) is 1. The van der Waals surface area contributed by atoms with Crippen molar-refractivity contribution < 1.29 is 9.53 Å². The van der Waals surface area contributed by atoms with Crippen molar-refractivity contribution in [3.8, 4) is 17.2 Å². The molecule has 2 aromatic rings. The molecule has 0 fully saturated rings. The molecule has 0 aliphatic heterocycles. The first-order valence-electron chi connectivity index (χ1n) is 6.13. The first-order valence-corrected chi connectivity index (χ1v) is 6.51. The Morgan fingerprint density at radius 1 is 1.30 bits per heavy atom. The van der Waals surface area contributed by atoms with E-state index in [0.717, 1.165) is 5.56 Å². The molecule has 0 unspecified atom stereocenters. The predicted octanol–water partition coefficient (Wildman–Crippen LogP) is 4.06. The number of halogens is 1. The Bertz CT molecular complexity index is 689. The van der Waals surface area contributed by atoms with Crippen LogP contribution in [0.3, 0.4) is 0 Å². The minimum atomic E-state index is -0.380. The molecule has 2 aromatic carbocycles. The Balaban J connectivity index is 2.50. The van der Waals surface area contributed by atoms with Gasteiger partial charge < -0.3 is 4.74 Å². The summed E-state index contributed by atoms with van der Waals surface area (Å²) in [5, 5.41) is 9.59. The van der Waals surface area contributed by atoms with E-state index in [1.54, 1.807) is 43.3 Å². The Kier molecular flexibility index (Phi) is 4.39. The number of nitriles is 1. The number of carbonyl (C=O) groups excluding carboxylic acids is 1. The maximum Gasteiger partial charge on any atom is 0.338 e. The molecule has 0 atom stereocenters. The molecule has 0 bridgehead atoms. The van der Waals surface area contributed by atoms with Gasteiger partial charge in [-0.25, -0.2) is 4.79 Å². The van der Waals surface area contributed by atoms with Crippen LogP contribution in [0.5, 0.6) is 0 Å². The van der Waals surface area contributed by atoms with Crippen molar-refractivity contribution in [2.75, 3.05) is 6.61 Å². The monoisotopic (exact) mass is 285 g/mol. The third-order valence-corrected chi connectivity index (χ3v) is 3.13. The maximum absolute atomic E-state index is 11.7. The average molecular weight is 286 g/mol. The Hall–Kier alpha value is -2.31. The highest BCUT2D eigenvalue weighted by molar-refractivity contribution is 6.32. The number of hydrogen-bond donors (Lipinski definition) is 0.